The van der Waals surface area contributed by atoms with Gasteiger partial charge in [0.1, 0.15) is 11.8 Å². The van der Waals surface area contributed by atoms with Gasteiger partial charge in [0.05, 0.1) is 22.9 Å². The van der Waals surface area contributed by atoms with Crippen LogP contribution in [0, 0.1) is 5.92 Å². The van der Waals surface area contributed by atoms with E-state index in [4.69, 9.17) is 14.5 Å². The average molecular weight is 446 g/mol. The van der Waals surface area contributed by atoms with Crippen LogP contribution in [-0.2, 0) is 21.0 Å². The molecule has 1 fully saturated rings. The largest absolute Gasteiger partial charge is 0.472 e. The fourth-order valence-electron chi connectivity index (χ4n) is 4.03. The van der Waals surface area contributed by atoms with Crippen molar-refractivity contribution in [1.82, 2.24) is 14.9 Å². The maximum Gasteiger partial charge on any atom is 0.410 e. The molecule has 1 unspecified atom stereocenters. The van der Waals surface area contributed by atoms with Crippen molar-refractivity contribution in [2.24, 2.45) is 5.92 Å². The summed E-state index contributed by atoms with van der Waals surface area (Å²) in [4.78, 5) is 23.3. The van der Waals surface area contributed by atoms with Gasteiger partial charge >= 0.3 is 6.09 Å². The highest BCUT2D eigenvalue weighted by Crippen LogP contribution is 2.34. The second-order valence-electron chi connectivity index (χ2n) is 8.42. The first-order valence-corrected chi connectivity index (χ1v) is 12.4. The van der Waals surface area contributed by atoms with Crippen LogP contribution in [0.15, 0.2) is 35.4 Å². The van der Waals surface area contributed by atoms with Gasteiger partial charge in [-0.1, -0.05) is 12.1 Å². The van der Waals surface area contributed by atoms with Gasteiger partial charge in [0.2, 0.25) is 5.88 Å². The molecule has 0 aliphatic carbocycles. The molecule has 1 saturated heterocycles. The highest BCUT2D eigenvalue weighted by atomic mass is 32.2. The predicted molar refractivity (Wildman–Crippen MR) is 115 cm³/mol. The van der Waals surface area contributed by atoms with E-state index < -0.39 is 9.84 Å². The Morgan fingerprint density at radius 3 is 2.48 bits per heavy atom. The van der Waals surface area contributed by atoms with Crippen molar-refractivity contribution in [3.05, 3.63) is 36.2 Å². The lowest BCUT2D eigenvalue weighted by Crippen LogP contribution is -2.43. The third-order valence-corrected chi connectivity index (χ3v) is 6.83. The summed E-state index contributed by atoms with van der Waals surface area (Å²) in [7, 11) is -3.23. The van der Waals surface area contributed by atoms with E-state index in [1.807, 2.05) is 13.8 Å². The number of aromatic nitrogens is 2. The lowest BCUT2D eigenvalue weighted by molar-refractivity contribution is 0.0496. The van der Waals surface area contributed by atoms with Gasteiger partial charge in [-0.2, -0.15) is 0 Å². The Hall–Kier alpha value is -2.68. The lowest BCUT2D eigenvalue weighted by atomic mass is 9.90. The molecule has 0 N–H and O–H groups in total. The number of amides is 1. The van der Waals surface area contributed by atoms with Crippen LogP contribution in [0.5, 0.6) is 5.88 Å². The maximum atomic E-state index is 12.1. The van der Waals surface area contributed by atoms with Crippen molar-refractivity contribution in [3.8, 4) is 17.1 Å². The summed E-state index contributed by atoms with van der Waals surface area (Å²) in [5, 5.41) is 0. The molecule has 2 aliphatic rings. The fraction of sp³-hybridized carbons (Fsp3) is 0.500. The van der Waals surface area contributed by atoms with E-state index in [9.17, 15) is 13.2 Å². The van der Waals surface area contributed by atoms with Crippen LogP contribution in [0.3, 0.4) is 0 Å². The van der Waals surface area contributed by atoms with E-state index in [-0.39, 0.29) is 23.2 Å². The van der Waals surface area contributed by atoms with Gasteiger partial charge in [0.15, 0.2) is 9.84 Å². The minimum atomic E-state index is -3.23. The van der Waals surface area contributed by atoms with Crippen molar-refractivity contribution in [2.75, 3.05) is 19.3 Å². The van der Waals surface area contributed by atoms with E-state index >= 15 is 0 Å². The lowest BCUT2D eigenvalue weighted by Gasteiger charge is -2.33. The smallest absolute Gasteiger partial charge is 0.410 e. The molecule has 8 nitrogen and oxygen atoms in total. The summed E-state index contributed by atoms with van der Waals surface area (Å²) in [6.07, 6.45) is 4.86. The number of carbonyl (C=O) groups is 1. The molecule has 3 heterocycles. The Bertz CT molecular complexity index is 1060. The number of rotatable bonds is 4. The number of nitrogens with zero attached hydrogens (tertiary/aromatic N) is 3. The summed E-state index contributed by atoms with van der Waals surface area (Å²) < 4.78 is 34.7. The average Bonchev–Trinajstić information content (AvgIpc) is 3.16. The number of ether oxygens (including phenoxy) is 2. The molecule has 166 valence electrons. The molecule has 1 aromatic heterocycles. The Kier molecular flexibility index (Phi) is 5.88. The number of piperidine rings is 1. The Balaban J connectivity index is 1.40. The molecule has 31 heavy (non-hydrogen) atoms. The van der Waals surface area contributed by atoms with Crippen LogP contribution in [0.25, 0.3) is 11.3 Å². The molecule has 2 aromatic rings. The fourth-order valence-corrected chi connectivity index (χ4v) is 4.66. The van der Waals surface area contributed by atoms with Crippen molar-refractivity contribution in [1.29, 1.82) is 0 Å². The number of hydrogen-bond acceptors (Lipinski definition) is 7. The second kappa shape index (κ2) is 8.45. The van der Waals surface area contributed by atoms with Gasteiger partial charge < -0.3 is 14.4 Å². The van der Waals surface area contributed by atoms with Crippen LogP contribution < -0.4 is 4.74 Å². The van der Waals surface area contributed by atoms with Crippen LogP contribution >= 0.6 is 0 Å². The quantitative estimate of drug-likeness (QED) is 0.713. The third kappa shape index (κ3) is 4.81. The van der Waals surface area contributed by atoms with Gasteiger partial charge in [-0.25, -0.2) is 23.2 Å². The maximum absolute atomic E-state index is 12.1. The van der Waals surface area contributed by atoms with Gasteiger partial charge in [-0.3, -0.25) is 0 Å². The van der Waals surface area contributed by atoms with Gasteiger partial charge in [0, 0.05) is 31.3 Å². The molecule has 1 aromatic carbocycles. The monoisotopic (exact) mass is 445 g/mol. The van der Waals surface area contributed by atoms with Gasteiger partial charge in [-0.15, -0.1) is 0 Å². The van der Waals surface area contributed by atoms with Crippen molar-refractivity contribution < 1.29 is 22.7 Å². The van der Waals surface area contributed by atoms with E-state index in [0.29, 0.717) is 37.0 Å². The molecule has 1 atom stereocenters. The van der Waals surface area contributed by atoms with E-state index in [0.717, 1.165) is 24.1 Å². The predicted octanol–water partition coefficient (Wildman–Crippen LogP) is 3.11. The Labute approximate surface area is 182 Å². The van der Waals surface area contributed by atoms with Gasteiger partial charge in [0.25, 0.3) is 0 Å². The van der Waals surface area contributed by atoms with Crippen LogP contribution in [0.2, 0.25) is 0 Å². The zero-order chi connectivity index (χ0) is 22.2. The Morgan fingerprint density at radius 1 is 1.19 bits per heavy atom. The summed E-state index contributed by atoms with van der Waals surface area (Å²) >= 11 is 0. The molecule has 0 radical (unpaired) electrons. The number of sulfone groups is 1. The highest BCUT2D eigenvalue weighted by Gasteiger charge is 2.35. The standard InChI is InChI=1S/C22H27N3O5S/c1-14(2)29-22(26)25-10-8-16(9-11-25)20-12-18-21(30-20)23-13-19(24-18)15-4-6-17(7-5-15)31(3,27)28/h4-7,13-14,16,20H,8-12H2,1-3H3. The Morgan fingerprint density at radius 2 is 1.87 bits per heavy atom. The van der Waals surface area contributed by atoms with Crippen LogP contribution in [0.4, 0.5) is 4.79 Å². The highest BCUT2D eigenvalue weighted by molar-refractivity contribution is 7.90. The summed E-state index contributed by atoms with van der Waals surface area (Å²) in [6, 6.07) is 6.64. The molecule has 4 rings (SSSR count). The van der Waals surface area contributed by atoms with Crippen LogP contribution in [0.1, 0.15) is 32.4 Å². The topological polar surface area (TPSA) is 98.7 Å². The number of fused-ring (bicyclic) bond motifs is 1. The first-order valence-electron chi connectivity index (χ1n) is 10.5. The van der Waals surface area contributed by atoms with Crippen molar-refractivity contribution in [3.63, 3.8) is 0 Å². The van der Waals surface area contributed by atoms with E-state index in [1.165, 1.54) is 6.26 Å². The molecule has 0 saturated carbocycles. The van der Waals surface area contributed by atoms with Crippen LogP contribution in [-0.4, -0.2) is 60.9 Å². The van der Waals surface area contributed by atoms with E-state index in [2.05, 4.69) is 4.98 Å². The number of benzene rings is 1. The minimum absolute atomic E-state index is 0.00105. The zero-order valence-electron chi connectivity index (χ0n) is 17.9. The first-order chi connectivity index (χ1) is 14.7. The second-order valence-corrected chi connectivity index (χ2v) is 10.4. The number of likely N-dealkylation sites (tertiary alicyclic amines) is 1. The van der Waals surface area contributed by atoms with E-state index in [1.54, 1.807) is 35.4 Å². The molecule has 9 heteroatoms. The minimum Gasteiger partial charge on any atom is -0.472 e. The molecule has 0 bridgehead atoms. The normalized spacial score (nSPS) is 19.2. The molecule has 2 aliphatic heterocycles. The van der Waals surface area contributed by atoms with Crippen molar-refractivity contribution >= 4 is 15.9 Å². The summed E-state index contributed by atoms with van der Waals surface area (Å²) in [5.41, 5.74) is 2.31. The third-order valence-electron chi connectivity index (χ3n) is 5.70. The van der Waals surface area contributed by atoms with Crippen molar-refractivity contribution in [2.45, 2.75) is 50.2 Å². The number of hydrogen-bond donors (Lipinski definition) is 0. The SMILES string of the molecule is CC(C)OC(=O)N1CCC(C2Cc3nc(-c4ccc(S(C)(=O)=O)cc4)cnc3O2)CC1. The number of carbonyl (C=O) groups excluding carboxylic acids is 1. The summed E-state index contributed by atoms with van der Waals surface area (Å²) in [5.74, 6) is 0.889. The molecular formula is C22H27N3O5S. The first kappa shape index (κ1) is 21.5. The zero-order valence-corrected chi connectivity index (χ0v) is 18.8. The summed E-state index contributed by atoms with van der Waals surface area (Å²) in [6.45, 7) is 5.02. The molecule has 1 amide bonds. The van der Waals surface area contributed by atoms with Gasteiger partial charge in [-0.05, 0) is 44.7 Å². The molecule has 0 spiro atoms. The molecular weight excluding hydrogens is 418 g/mol.